The number of aromatic nitrogens is 4. The summed E-state index contributed by atoms with van der Waals surface area (Å²) in [6, 6.07) is 11.3. The second-order valence-corrected chi connectivity index (χ2v) is 7.90. The quantitative estimate of drug-likeness (QED) is 0.381. The number of halogens is 3. The van der Waals surface area contributed by atoms with Crippen LogP contribution in [0.2, 0.25) is 0 Å². The van der Waals surface area contributed by atoms with Crippen LogP contribution in [-0.4, -0.2) is 32.2 Å². The molecule has 0 aliphatic heterocycles. The molecule has 3 rings (SSSR count). The first kappa shape index (κ1) is 24.4. The van der Waals surface area contributed by atoms with Gasteiger partial charge in [-0.05, 0) is 18.1 Å². The molecule has 0 aliphatic rings. The number of rotatable bonds is 11. The summed E-state index contributed by atoms with van der Waals surface area (Å²) in [5.41, 5.74) is -0.759. The first-order valence-electron chi connectivity index (χ1n) is 11.2. The van der Waals surface area contributed by atoms with E-state index in [2.05, 4.69) is 27.3 Å². The lowest BCUT2D eigenvalue weighted by atomic mass is 9.92. The molecule has 176 valence electrons. The zero-order valence-electron chi connectivity index (χ0n) is 18.6. The van der Waals surface area contributed by atoms with Crippen LogP contribution < -0.4 is 5.32 Å². The molecule has 2 heterocycles. The van der Waals surface area contributed by atoms with Crippen LogP contribution in [0.4, 0.5) is 13.2 Å². The van der Waals surface area contributed by atoms with Crippen LogP contribution in [0.1, 0.15) is 73.0 Å². The van der Waals surface area contributed by atoms with Crippen LogP contribution in [0.25, 0.3) is 5.95 Å². The van der Waals surface area contributed by atoms with Crippen molar-refractivity contribution in [3.63, 3.8) is 0 Å². The summed E-state index contributed by atoms with van der Waals surface area (Å²) < 4.78 is 41.6. The fourth-order valence-corrected chi connectivity index (χ4v) is 3.68. The third kappa shape index (κ3) is 6.87. The van der Waals surface area contributed by atoms with Crippen molar-refractivity contribution in [2.75, 3.05) is 6.54 Å². The van der Waals surface area contributed by atoms with Gasteiger partial charge in [-0.25, -0.2) is 14.6 Å². The number of alkyl halides is 3. The van der Waals surface area contributed by atoms with Crippen molar-refractivity contribution >= 4 is 5.91 Å². The number of nitrogens with zero attached hydrogens (tertiary/aromatic N) is 4. The van der Waals surface area contributed by atoms with Gasteiger partial charge in [-0.1, -0.05) is 69.4 Å². The minimum atomic E-state index is -4.79. The Morgan fingerprint density at radius 2 is 1.73 bits per heavy atom. The van der Waals surface area contributed by atoms with Crippen molar-refractivity contribution in [3.05, 3.63) is 71.8 Å². The SMILES string of the molecule is CCCCCCCC(CNC(=O)c1cn(-c2ncccn2)nc1C(F)(F)F)c1ccccc1. The van der Waals surface area contributed by atoms with Gasteiger partial charge in [0.25, 0.3) is 5.91 Å². The second kappa shape index (κ2) is 11.6. The molecule has 2 aromatic heterocycles. The number of carbonyl (C=O) groups is 1. The molecule has 1 N–H and O–H groups in total. The molecule has 1 amide bonds. The summed E-state index contributed by atoms with van der Waals surface area (Å²) in [4.78, 5) is 20.6. The number of unbranched alkanes of at least 4 members (excludes halogenated alkanes) is 4. The second-order valence-electron chi connectivity index (χ2n) is 7.90. The van der Waals surface area contributed by atoms with E-state index in [-0.39, 0.29) is 18.4 Å². The van der Waals surface area contributed by atoms with Crippen LogP contribution in [0, 0.1) is 0 Å². The molecule has 6 nitrogen and oxygen atoms in total. The number of hydrogen-bond donors (Lipinski definition) is 1. The molecule has 9 heteroatoms. The van der Waals surface area contributed by atoms with Gasteiger partial charge in [-0.15, -0.1) is 0 Å². The summed E-state index contributed by atoms with van der Waals surface area (Å²) in [5.74, 6) is -0.855. The number of hydrogen-bond acceptors (Lipinski definition) is 4. The van der Waals surface area contributed by atoms with Gasteiger partial charge in [0.1, 0.15) is 0 Å². The van der Waals surface area contributed by atoms with Gasteiger partial charge >= 0.3 is 6.18 Å². The van der Waals surface area contributed by atoms with E-state index >= 15 is 0 Å². The van der Waals surface area contributed by atoms with E-state index in [1.54, 1.807) is 0 Å². The van der Waals surface area contributed by atoms with Gasteiger partial charge in [0, 0.05) is 31.1 Å². The fraction of sp³-hybridized carbons (Fsp3) is 0.417. The molecular weight excluding hydrogens is 431 g/mol. The highest BCUT2D eigenvalue weighted by Crippen LogP contribution is 2.31. The summed E-state index contributed by atoms with van der Waals surface area (Å²) >= 11 is 0. The third-order valence-electron chi connectivity index (χ3n) is 5.42. The predicted molar refractivity (Wildman–Crippen MR) is 119 cm³/mol. The molecule has 33 heavy (non-hydrogen) atoms. The van der Waals surface area contributed by atoms with Gasteiger partial charge < -0.3 is 5.32 Å². The van der Waals surface area contributed by atoms with Crippen LogP contribution in [0.3, 0.4) is 0 Å². The highest BCUT2D eigenvalue weighted by Gasteiger charge is 2.39. The Morgan fingerprint density at radius 1 is 1.03 bits per heavy atom. The first-order chi connectivity index (χ1) is 15.9. The Balaban J connectivity index is 1.74. The Bertz CT molecular complexity index is 1010. The zero-order valence-corrected chi connectivity index (χ0v) is 18.6. The lowest BCUT2D eigenvalue weighted by Gasteiger charge is -2.18. The Hall–Kier alpha value is -3.23. The molecule has 0 spiro atoms. The minimum absolute atomic E-state index is 0.0126. The number of amides is 1. The maximum absolute atomic E-state index is 13.6. The predicted octanol–water partition coefficient (Wildman–Crippen LogP) is 5.56. The molecule has 0 fully saturated rings. The molecule has 0 saturated heterocycles. The van der Waals surface area contributed by atoms with E-state index in [0.717, 1.165) is 48.5 Å². The van der Waals surface area contributed by atoms with Crippen LogP contribution in [0.5, 0.6) is 0 Å². The van der Waals surface area contributed by atoms with E-state index in [9.17, 15) is 18.0 Å². The highest BCUT2D eigenvalue weighted by atomic mass is 19.4. The van der Waals surface area contributed by atoms with Crippen molar-refractivity contribution < 1.29 is 18.0 Å². The molecule has 0 radical (unpaired) electrons. The van der Waals surface area contributed by atoms with Crippen molar-refractivity contribution in [1.29, 1.82) is 0 Å². The molecule has 1 unspecified atom stereocenters. The number of benzene rings is 1. The Morgan fingerprint density at radius 3 is 2.39 bits per heavy atom. The fourth-order valence-electron chi connectivity index (χ4n) is 3.68. The van der Waals surface area contributed by atoms with E-state index in [0.29, 0.717) is 0 Å². The largest absolute Gasteiger partial charge is 0.435 e. The minimum Gasteiger partial charge on any atom is -0.351 e. The average molecular weight is 460 g/mol. The number of carbonyl (C=O) groups excluding carboxylic acids is 1. The summed E-state index contributed by atoms with van der Waals surface area (Å²) in [7, 11) is 0. The molecule has 3 aromatic rings. The lowest BCUT2D eigenvalue weighted by Crippen LogP contribution is -2.30. The molecule has 0 bridgehead atoms. The smallest absolute Gasteiger partial charge is 0.351 e. The lowest BCUT2D eigenvalue weighted by molar-refractivity contribution is -0.141. The molecule has 0 aliphatic carbocycles. The summed E-state index contributed by atoms with van der Waals surface area (Å²) in [5, 5.41) is 6.24. The standard InChI is InChI=1S/C24H28F3N5O/c1-2-3-4-5-7-13-19(18-11-8-6-9-12-18)16-30-22(33)20-17-32(23-28-14-10-15-29-23)31-21(20)24(25,26)27/h6,8-12,14-15,17,19H,2-5,7,13,16H2,1H3,(H,30,33). The van der Waals surface area contributed by atoms with Crippen molar-refractivity contribution in [1.82, 2.24) is 25.1 Å². The number of nitrogens with one attached hydrogen (secondary N) is 1. The van der Waals surface area contributed by atoms with E-state index in [4.69, 9.17) is 0 Å². The van der Waals surface area contributed by atoms with Gasteiger partial charge in [-0.3, -0.25) is 4.79 Å². The van der Waals surface area contributed by atoms with Gasteiger partial charge in [0.15, 0.2) is 5.69 Å². The monoisotopic (exact) mass is 459 g/mol. The van der Waals surface area contributed by atoms with E-state index < -0.39 is 23.3 Å². The Kier molecular flexibility index (Phi) is 8.57. The van der Waals surface area contributed by atoms with E-state index in [1.165, 1.54) is 24.9 Å². The maximum atomic E-state index is 13.6. The summed E-state index contributed by atoms with van der Waals surface area (Å²) in [6.07, 6.45) is 5.44. The third-order valence-corrected chi connectivity index (χ3v) is 5.42. The summed E-state index contributed by atoms with van der Waals surface area (Å²) in [6.45, 7) is 2.39. The van der Waals surface area contributed by atoms with Crippen molar-refractivity contribution in [3.8, 4) is 5.95 Å². The molecule has 0 saturated carbocycles. The normalized spacial score (nSPS) is 12.5. The van der Waals surface area contributed by atoms with Gasteiger partial charge in [-0.2, -0.15) is 18.3 Å². The molecule has 1 atom stereocenters. The van der Waals surface area contributed by atoms with Crippen molar-refractivity contribution in [2.24, 2.45) is 0 Å². The molecular formula is C24H28F3N5O. The highest BCUT2D eigenvalue weighted by molar-refractivity contribution is 5.95. The van der Waals surface area contributed by atoms with Gasteiger partial charge in [0.05, 0.1) is 5.56 Å². The van der Waals surface area contributed by atoms with Gasteiger partial charge in [0.2, 0.25) is 5.95 Å². The zero-order chi connectivity index (χ0) is 23.7. The topological polar surface area (TPSA) is 72.7 Å². The first-order valence-corrected chi connectivity index (χ1v) is 11.2. The molecule has 1 aromatic carbocycles. The van der Waals surface area contributed by atoms with Crippen LogP contribution >= 0.6 is 0 Å². The van der Waals surface area contributed by atoms with Crippen molar-refractivity contribution in [2.45, 2.75) is 57.5 Å². The Labute approximate surface area is 191 Å². The average Bonchev–Trinajstić information content (AvgIpc) is 3.28. The van der Waals surface area contributed by atoms with Crippen LogP contribution in [-0.2, 0) is 6.18 Å². The van der Waals surface area contributed by atoms with Crippen LogP contribution in [0.15, 0.2) is 55.0 Å². The maximum Gasteiger partial charge on any atom is 0.435 e. The van der Waals surface area contributed by atoms with E-state index in [1.807, 2.05) is 30.3 Å².